The Hall–Kier alpha value is -0.150. The molecule has 1 aromatic carbocycles. The maximum Gasteiger partial charge on any atom is 0.341 e. The molecule has 0 unspecified atom stereocenters. The van der Waals surface area contributed by atoms with Crippen LogP contribution >= 0.6 is 71.0 Å². The van der Waals surface area contributed by atoms with E-state index in [9.17, 15) is 4.79 Å². The summed E-state index contributed by atoms with van der Waals surface area (Å²) in [5.41, 5.74) is 0.197. The second-order valence-corrected chi connectivity index (χ2v) is 11.6. The summed E-state index contributed by atoms with van der Waals surface area (Å²) in [6.45, 7) is 0. The van der Waals surface area contributed by atoms with Crippen LogP contribution in [0.3, 0.4) is 0 Å². The van der Waals surface area contributed by atoms with Gasteiger partial charge in [-0.1, -0.05) is 71.0 Å². The number of nitrogens with zero attached hydrogens (tertiary/aromatic N) is 3. The molecule has 0 aliphatic heterocycles. The quantitative estimate of drug-likeness (QED) is 0.430. The van der Waals surface area contributed by atoms with Crippen LogP contribution in [0.15, 0.2) is 30.9 Å². The van der Waals surface area contributed by atoms with Crippen molar-refractivity contribution in [2.75, 3.05) is 0 Å². The summed E-state index contributed by atoms with van der Waals surface area (Å²) < 4.78 is 5.86. The van der Waals surface area contributed by atoms with Crippen LogP contribution in [0.25, 0.3) is 0 Å². The van der Waals surface area contributed by atoms with E-state index in [0.29, 0.717) is 5.02 Å². The van der Waals surface area contributed by atoms with Gasteiger partial charge in [0.25, 0.3) is 0 Å². The van der Waals surface area contributed by atoms with E-state index < -0.39 is 14.3 Å². The number of carbonyl (C=O) groups is 1. The molecule has 1 atom stereocenters. The Labute approximate surface area is 155 Å². The molecule has 2 rings (SSSR count). The molecule has 1 heterocycles. The highest BCUT2D eigenvalue weighted by Gasteiger charge is 2.37. The minimum absolute atomic E-state index is 0.197. The third kappa shape index (κ3) is 4.41. The summed E-state index contributed by atoms with van der Waals surface area (Å²) >= 11 is 21.7. The number of alkyl halides is 3. The molecule has 0 spiro atoms. The van der Waals surface area contributed by atoms with Crippen molar-refractivity contribution in [2.45, 2.75) is 8.37 Å². The van der Waals surface area contributed by atoms with Gasteiger partial charge in [-0.3, -0.25) is 0 Å². The summed E-state index contributed by atoms with van der Waals surface area (Å²) in [7, 11) is 0. The van der Waals surface area contributed by atoms with E-state index in [1.807, 2.05) is 0 Å². The van der Waals surface area contributed by atoms with Crippen LogP contribution in [0.4, 0.5) is 0 Å². The van der Waals surface area contributed by atoms with E-state index in [-0.39, 0.29) is 10.6 Å². The third-order valence-electron chi connectivity index (χ3n) is 2.33. The van der Waals surface area contributed by atoms with Crippen LogP contribution in [0, 0.1) is 0 Å². The van der Waals surface area contributed by atoms with Crippen molar-refractivity contribution < 1.29 is 9.53 Å². The smallest absolute Gasteiger partial charge is 0.341 e. The first kappa shape index (κ1) is 17.2. The molecule has 1 aromatic heterocycles. The molecule has 10 heteroatoms. The Morgan fingerprint density at radius 2 is 2.05 bits per heavy atom. The molecule has 0 saturated carbocycles. The molecule has 0 fully saturated rings. The number of benzene rings is 1. The van der Waals surface area contributed by atoms with Crippen molar-refractivity contribution in [1.82, 2.24) is 14.8 Å². The lowest BCUT2D eigenvalue weighted by atomic mass is 10.2. The molecule has 0 bridgehead atoms. The van der Waals surface area contributed by atoms with E-state index in [1.54, 1.807) is 6.07 Å². The van der Waals surface area contributed by atoms with Gasteiger partial charge in [0, 0.05) is 5.02 Å². The molecule has 0 aliphatic carbocycles. The van der Waals surface area contributed by atoms with Gasteiger partial charge in [0.1, 0.15) is 12.7 Å². The molecule has 21 heavy (non-hydrogen) atoms. The van der Waals surface area contributed by atoms with Crippen LogP contribution in [0.1, 0.15) is 16.6 Å². The minimum Gasteiger partial charge on any atom is -0.433 e. The normalized spacial score (nSPS) is 13.0. The molecule has 2 aromatic rings. The second-order valence-electron chi connectivity index (χ2n) is 3.80. The van der Waals surface area contributed by atoms with Gasteiger partial charge in [-0.25, -0.2) is 14.5 Å². The molecule has 0 saturated heterocycles. The van der Waals surface area contributed by atoms with E-state index in [0.717, 1.165) is 0 Å². The van der Waals surface area contributed by atoms with Gasteiger partial charge in [0.2, 0.25) is 6.23 Å². The number of halogens is 5. The highest BCUT2D eigenvalue weighted by Crippen LogP contribution is 2.44. The molecule has 0 aliphatic rings. The van der Waals surface area contributed by atoms with Gasteiger partial charge >= 0.3 is 5.97 Å². The molecule has 5 nitrogen and oxygen atoms in total. The summed E-state index contributed by atoms with van der Waals surface area (Å²) in [5, 5.41) is 4.58. The monoisotopic (exact) mass is 519 g/mol. The molecule has 0 amide bonds. The number of esters is 1. The molecular weight excluding hydrogens is 517 g/mol. The van der Waals surface area contributed by atoms with Gasteiger partial charge < -0.3 is 4.74 Å². The SMILES string of the molecule is O=C(O[C@H](n1cncn1)C(Br)(Br)Br)c1ccc(Cl)cc1Cl. The van der Waals surface area contributed by atoms with Gasteiger partial charge in [0.05, 0.1) is 10.6 Å². The number of hydrogen-bond donors (Lipinski definition) is 0. The van der Waals surface area contributed by atoms with Gasteiger partial charge in [-0.2, -0.15) is 5.10 Å². The fraction of sp³-hybridized carbons (Fsp3) is 0.182. The zero-order valence-corrected chi connectivity index (χ0v) is 16.3. The van der Waals surface area contributed by atoms with Crippen molar-refractivity contribution in [3.05, 3.63) is 46.5 Å². The highest BCUT2D eigenvalue weighted by molar-refractivity contribution is 9.39. The summed E-state index contributed by atoms with van der Waals surface area (Å²) in [4.78, 5) is 16.1. The average Bonchev–Trinajstić information content (AvgIpc) is 2.87. The minimum atomic E-state index is -0.921. The van der Waals surface area contributed by atoms with E-state index in [2.05, 4.69) is 57.9 Å². The van der Waals surface area contributed by atoms with Crippen molar-refractivity contribution >= 4 is 77.0 Å². The van der Waals surface area contributed by atoms with Crippen LogP contribution in [-0.4, -0.2) is 22.9 Å². The van der Waals surface area contributed by atoms with Crippen LogP contribution in [-0.2, 0) is 4.74 Å². The van der Waals surface area contributed by atoms with Crippen molar-refractivity contribution in [3.8, 4) is 0 Å². The van der Waals surface area contributed by atoms with Crippen molar-refractivity contribution in [3.63, 3.8) is 0 Å². The lowest BCUT2D eigenvalue weighted by molar-refractivity contribution is 0.00976. The number of aromatic nitrogens is 3. The topological polar surface area (TPSA) is 57.0 Å². The zero-order chi connectivity index (χ0) is 15.6. The lowest BCUT2D eigenvalue weighted by Gasteiger charge is -2.25. The molecule has 0 radical (unpaired) electrons. The summed E-state index contributed by atoms with van der Waals surface area (Å²) in [5.74, 6) is -0.625. The molecule has 112 valence electrons. The number of ether oxygens (including phenoxy) is 1. The Kier molecular flexibility index (Phi) is 5.70. The Morgan fingerprint density at radius 1 is 1.33 bits per heavy atom. The van der Waals surface area contributed by atoms with Crippen LogP contribution in [0.2, 0.25) is 10.0 Å². The fourth-order valence-corrected chi connectivity index (χ4v) is 2.82. The lowest BCUT2D eigenvalue weighted by Crippen LogP contribution is -2.28. The number of carbonyl (C=O) groups excluding carboxylic acids is 1. The van der Waals surface area contributed by atoms with Crippen molar-refractivity contribution in [2.24, 2.45) is 0 Å². The number of rotatable bonds is 3. The summed E-state index contributed by atoms with van der Waals surface area (Å²) in [6.07, 6.45) is 1.90. The first-order chi connectivity index (χ1) is 9.79. The predicted octanol–water partition coefficient (Wildman–Crippen LogP) is 4.78. The Bertz CT molecular complexity index is 647. The highest BCUT2D eigenvalue weighted by atomic mass is 80.0. The fourth-order valence-electron chi connectivity index (χ4n) is 1.43. The maximum atomic E-state index is 12.3. The molecule has 0 N–H and O–H groups in total. The van der Waals surface area contributed by atoms with Gasteiger partial charge in [0.15, 0.2) is 2.14 Å². The second kappa shape index (κ2) is 6.95. The average molecular weight is 523 g/mol. The van der Waals surface area contributed by atoms with E-state index in [4.69, 9.17) is 27.9 Å². The third-order valence-corrected chi connectivity index (χ3v) is 4.05. The first-order valence-electron chi connectivity index (χ1n) is 5.36. The van der Waals surface area contributed by atoms with Gasteiger partial charge in [-0.15, -0.1) is 0 Å². The van der Waals surface area contributed by atoms with E-state index >= 15 is 0 Å². The van der Waals surface area contributed by atoms with Crippen LogP contribution < -0.4 is 0 Å². The largest absolute Gasteiger partial charge is 0.433 e. The molecular formula is C11H6Br3Cl2N3O2. The van der Waals surface area contributed by atoms with E-state index in [1.165, 1.54) is 29.5 Å². The van der Waals surface area contributed by atoms with Gasteiger partial charge in [-0.05, 0) is 18.2 Å². The standard InChI is InChI=1S/C11H6Br3Cl2N3O2/c12-11(13,14)10(19-5-17-4-18-19)21-9(20)7-2-1-6(15)3-8(7)16/h1-5,10H/t10-/m0/s1. The van der Waals surface area contributed by atoms with Crippen LogP contribution in [0.5, 0.6) is 0 Å². The summed E-state index contributed by atoms with van der Waals surface area (Å²) in [6, 6.07) is 4.51. The maximum absolute atomic E-state index is 12.3. The Morgan fingerprint density at radius 3 is 2.57 bits per heavy atom. The van der Waals surface area contributed by atoms with Crippen molar-refractivity contribution in [1.29, 1.82) is 0 Å². The first-order valence-corrected chi connectivity index (χ1v) is 8.49. The number of hydrogen-bond acceptors (Lipinski definition) is 4. The zero-order valence-electron chi connectivity index (χ0n) is 10.0. The Balaban J connectivity index is 2.27. The predicted molar refractivity (Wildman–Crippen MR) is 90.4 cm³/mol.